The van der Waals surface area contributed by atoms with Gasteiger partial charge in [0, 0.05) is 22.0 Å². The molecule has 0 aliphatic carbocycles. The molecule has 0 unspecified atom stereocenters. The Kier molecular flexibility index (Phi) is 5.64. The summed E-state index contributed by atoms with van der Waals surface area (Å²) in [6, 6.07) is 9.70. The fourth-order valence-corrected chi connectivity index (χ4v) is 3.00. The number of benzene rings is 1. The SMILES string of the molecule is CSc1cccc(NC(=O)CSc2nc(C)cc(C)n2)c1. The molecule has 0 fully saturated rings. The van der Waals surface area contributed by atoms with Crippen molar-refractivity contribution in [2.45, 2.75) is 23.9 Å². The van der Waals surface area contributed by atoms with Crippen molar-refractivity contribution in [1.82, 2.24) is 9.97 Å². The Morgan fingerprint density at radius 3 is 2.57 bits per heavy atom. The molecule has 0 saturated carbocycles. The minimum atomic E-state index is -0.0546. The number of hydrogen-bond donors (Lipinski definition) is 1. The summed E-state index contributed by atoms with van der Waals surface area (Å²) in [5.41, 5.74) is 2.64. The van der Waals surface area contributed by atoms with E-state index in [-0.39, 0.29) is 5.91 Å². The number of carbonyl (C=O) groups excluding carboxylic acids is 1. The summed E-state index contributed by atoms with van der Waals surface area (Å²) < 4.78 is 0. The standard InChI is InChI=1S/C15H17N3OS2/c1-10-7-11(2)17-15(16-10)21-9-14(19)18-12-5-4-6-13(8-12)20-3/h4-8H,9H2,1-3H3,(H,18,19). The Hall–Kier alpha value is -1.53. The van der Waals surface area contributed by atoms with E-state index in [1.165, 1.54) is 11.8 Å². The van der Waals surface area contributed by atoms with E-state index in [0.717, 1.165) is 22.0 Å². The van der Waals surface area contributed by atoms with E-state index in [9.17, 15) is 4.79 Å². The summed E-state index contributed by atoms with van der Waals surface area (Å²) >= 11 is 2.99. The first-order valence-electron chi connectivity index (χ1n) is 6.46. The molecule has 1 aromatic carbocycles. The number of hydrogen-bond acceptors (Lipinski definition) is 5. The average molecular weight is 319 g/mol. The van der Waals surface area contributed by atoms with Gasteiger partial charge in [0.2, 0.25) is 5.91 Å². The predicted octanol–water partition coefficient (Wildman–Crippen LogP) is 3.55. The summed E-state index contributed by atoms with van der Waals surface area (Å²) in [7, 11) is 0. The fourth-order valence-electron chi connectivity index (χ4n) is 1.79. The molecule has 1 heterocycles. The average Bonchev–Trinajstić information content (AvgIpc) is 2.44. The molecule has 6 heteroatoms. The van der Waals surface area contributed by atoms with Crippen LogP contribution in [-0.4, -0.2) is 27.9 Å². The van der Waals surface area contributed by atoms with Gasteiger partial charge >= 0.3 is 0 Å². The van der Waals surface area contributed by atoms with Crippen molar-refractivity contribution in [3.05, 3.63) is 41.7 Å². The molecule has 1 N–H and O–H groups in total. The van der Waals surface area contributed by atoms with E-state index in [4.69, 9.17) is 0 Å². The van der Waals surface area contributed by atoms with E-state index < -0.39 is 0 Å². The summed E-state index contributed by atoms with van der Waals surface area (Å²) in [5.74, 6) is 0.243. The fraction of sp³-hybridized carbons (Fsp3) is 0.267. The van der Waals surface area contributed by atoms with Crippen molar-refractivity contribution in [2.24, 2.45) is 0 Å². The molecular weight excluding hydrogens is 302 g/mol. The van der Waals surface area contributed by atoms with Gasteiger partial charge in [0.25, 0.3) is 0 Å². The molecule has 0 atom stereocenters. The maximum Gasteiger partial charge on any atom is 0.234 e. The Morgan fingerprint density at radius 2 is 1.90 bits per heavy atom. The van der Waals surface area contributed by atoms with Crippen LogP contribution in [-0.2, 0) is 4.79 Å². The topological polar surface area (TPSA) is 54.9 Å². The minimum Gasteiger partial charge on any atom is -0.325 e. The van der Waals surface area contributed by atoms with Crippen molar-refractivity contribution < 1.29 is 4.79 Å². The number of nitrogens with zero attached hydrogens (tertiary/aromatic N) is 2. The van der Waals surface area contributed by atoms with Crippen molar-refractivity contribution in [2.75, 3.05) is 17.3 Å². The van der Waals surface area contributed by atoms with Crippen LogP contribution < -0.4 is 5.32 Å². The molecule has 21 heavy (non-hydrogen) atoms. The van der Waals surface area contributed by atoms with E-state index in [1.54, 1.807) is 11.8 Å². The van der Waals surface area contributed by atoms with Gasteiger partial charge in [0.05, 0.1) is 5.75 Å². The first-order chi connectivity index (χ1) is 10.1. The zero-order chi connectivity index (χ0) is 15.2. The molecule has 110 valence electrons. The smallest absolute Gasteiger partial charge is 0.234 e. The molecule has 0 spiro atoms. The summed E-state index contributed by atoms with van der Waals surface area (Å²) in [5, 5.41) is 3.53. The Morgan fingerprint density at radius 1 is 1.19 bits per heavy atom. The number of carbonyl (C=O) groups is 1. The number of thioether (sulfide) groups is 2. The molecule has 2 aromatic rings. The molecule has 2 rings (SSSR count). The lowest BCUT2D eigenvalue weighted by Gasteiger charge is -2.06. The number of amides is 1. The number of anilines is 1. The molecule has 0 aliphatic heterocycles. The van der Waals surface area contributed by atoms with Gasteiger partial charge in [0.15, 0.2) is 5.16 Å². The van der Waals surface area contributed by atoms with E-state index >= 15 is 0 Å². The second-order valence-electron chi connectivity index (χ2n) is 4.50. The molecule has 0 saturated heterocycles. The van der Waals surface area contributed by atoms with Gasteiger partial charge in [0.1, 0.15) is 0 Å². The van der Waals surface area contributed by atoms with Gasteiger partial charge in [-0.2, -0.15) is 0 Å². The number of rotatable bonds is 5. The van der Waals surface area contributed by atoms with E-state index in [1.807, 2.05) is 50.4 Å². The zero-order valence-electron chi connectivity index (χ0n) is 12.2. The van der Waals surface area contributed by atoms with Crippen molar-refractivity contribution in [3.8, 4) is 0 Å². The highest BCUT2D eigenvalue weighted by Gasteiger charge is 2.07. The lowest BCUT2D eigenvalue weighted by Crippen LogP contribution is -2.14. The van der Waals surface area contributed by atoms with Crippen LogP contribution in [0.25, 0.3) is 0 Å². The number of aryl methyl sites for hydroxylation is 2. The Bertz CT molecular complexity index is 626. The highest BCUT2D eigenvalue weighted by atomic mass is 32.2. The van der Waals surface area contributed by atoms with Crippen LogP contribution in [0.4, 0.5) is 5.69 Å². The maximum absolute atomic E-state index is 12.0. The lowest BCUT2D eigenvalue weighted by atomic mass is 10.3. The normalized spacial score (nSPS) is 10.4. The van der Waals surface area contributed by atoms with Crippen LogP contribution in [0.15, 0.2) is 40.4 Å². The quantitative estimate of drug-likeness (QED) is 0.675. The third-order valence-corrected chi connectivity index (χ3v) is 4.22. The Balaban J connectivity index is 1.92. The highest BCUT2D eigenvalue weighted by Crippen LogP contribution is 2.20. The van der Waals surface area contributed by atoms with Gasteiger partial charge in [-0.25, -0.2) is 9.97 Å². The van der Waals surface area contributed by atoms with Gasteiger partial charge in [-0.3, -0.25) is 4.79 Å². The largest absolute Gasteiger partial charge is 0.325 e. The van der Waals surface area contributed by atoms with Crippen LogP contribution in [0, 0.1) is 13.8 Å². The number of nitrogens with one attached hydrogen (secondary N) is 1. The van der Waals surface area contributed by atoms with Crippen molar-refractivity contribution in [1.29, 1.82) is 0 Å². The third-order valence-electron chi connectivity index (χ3n) is 2.65. The zero-order valence-corrected chi connectivity index (χ0v) is 13.8. The molecule has 1 aromatic heterocycles. The van der Waals surface area contributed by atoms with Gasteiger partial charge in [-0.05, 0) is 44.4 Å². The molecular formula is C15H17N3OS2. The molecule has 1 amide bonds. The van der Waals surface area contributed by atoms with E-state index in [2.05, 4.69) is 15.3 Å². The van der Waals surface area contributed by atoms with Gasteiger partial charge < -0.3 is 5.32 Å². The van der Waals surface area contributed by atoms with E-state index in [0.29, 0.717) is 10.9 Å². The molecule has 0 bridgehead atoms. The van der Waals surface area contributed by atoms with Gasteiger partial charge in [-0.1, -0.05) is 17.8 Å². The molecule has 0 aliphatic rings. The number of aromatic nitrogens is 2. The van der Waals surface area contributed by atoms with Crippen LogP contribution in [0.1, 0.15) is 11.4 Å². The van der Waals surface area contributed by atoms with Crippen LogP contribution in [0.2, 0.25) is 0 Å². The second kappa shape index (κ2) is 7.47. The first-order valence-corrected chi connectivity index (χ1v) is 8.67. The molecule has 4 nitrogen and oxygen atoms in total. The first kappa shape index (κ1) is 15.9. The Labute approximate surface area is 133 Å². The summed E-state index contributed by atoms with van der Waals surface area (Å²) in [6.45, 7) is 3.85. The van der Waals surface area contributed by atoms with Gasteiger partial charge in [-0.15, -0.1) is 11.8 Å². The second-order valence-corrected chi connectivity index (χ2v) is 6.32. The summed E-state index contributed by atoms with van der Waals surface area (Å²) in [6.07, 6.45) is 2.01. The predicted molar refractivity (Wildman–Crippen MR) is 89.1 cm³/mol. The van der Waals surface area contributed by atoms with Crippen LogP contribution in [0.3, 0.4) is 0 Å². The lowest BCUT2D eigenvalue weighted by molar-refractivity contribution is -0.113. The van der Waals surface area contributed by atoms with Crippen molar-refractivity contribution >= 4 is 35.1 Å². The van der Waals surface area contributed by atoms with Crippen molar-refractivity contribution in [3.63, 3.8) is 0 Å². The summed E-state index contributed by atoms with van der Waals surface area (Å²) in [4.78, 5) is 21.7. The maximum atomic E-state index is 12.0. The highest BCUT2D eigenvalue weighted by molar-refractivity contribution is 7.99. The third kappa shape index (κ3) is 5.06. The minimum absolute atomic E-state index is 0.0546. The molecule has 0 radical (unpaired) electrons. The monoisotopic (exact) mass is 319 g/mol. The van der Waals surface area contributed by atoms with Crippen LogP contribution >= 0.6 is 23.5 Å². The van der Waals surface area contributed by atoms with Crippen LogP contribution in [0.5, 0.6) is 0 Å².